The molecule has 1 aromatic heterocycles. The Hall–Kier alpha value is -1.72. The minimum absolute atomic E-state index is 0.0991. The van der Waals surface area contributed by atoms with Crippen LogP contribution in [0.3, 0.4) is 0 Å². The molecular formula is C16H18Cl2N4O. The van der Waals surface area contributed by atoms with Crippen LogP contribution in [-0.4, -0.2) is 46.8 Å². The molecule has 0 radical (unpaired) electrons. The summed E-state index contributed by atoms with van der Waals surface area (Å²) in [5.74, 6) is -0.0991. The molecular weight excluding hydrogens is 335 g/mol. The fourth-order valence-corrected chi connectivity index (χ4v) is 3.03. The van der Waals surface area contributed by atoms with E-state index in [1.54, 1.807) is 15.8 Å². The van der Waals surface area contributed by atoms with Crippen molar-refractivity contribution < 1.29 is 4.79 Å². The minimum Gasteiger partial charge on any atom is -0.368 e. The van der Waals surface area contributed by atoms with Gasteiger partial charge >= 0.3 is 0 Å². The van der Waals surface area contributed by atoms with Crippen molar-refractivity contribution >= 4 is 34.8 Å². The zero-order valence-electron chi connectivity index (χ0n) is 12.9. The molecule has 0 aliphatic carbocycles. The number of nitrogens with zero attached hydrogens (tertiary/aromatic N) is 4. The zero-order chi connectivity index (χ0) is 16.4. The normalized spacial score (nSPS) is 15.1. The lowest BCUT2D eigenvalue weighted by atomic mass is 10.2. The lowest BCUT2D eigenvalue weighted by Gasteiger charge is -2.35. The van der Waals surface area contributed by atoms with Gasteiger partial charge in [0.2, 0.25) is 0 Å². The number of carbonyl (C=O) groups excluding carboxylic acids is 1. The molecule has 0 spiro atoms. The molecule has 3 rings (SSSR count). The van der Waals surface area contributed by atoms with Gasteiger partial charge in [-0.25, -0.2) is 0 Å². The second-order valence-corrected chi connectivity index (χ2v) is 6.28. The first-order valence-corrected chi connectivity index (χ1v) is 8.37. The maximum absolute atomic E-state index is 12.6. The Morgan fingerprint density at radius 1 is 1.13 bits per heavy atom. The van der Waals surface area contributed by atoms with E-state index in [4.69, 9.17) is 23.2 Å². The molecule has 23 heavy (non-hydrogen) atoms. The second kappa shape index (κ2) is 6.81. The summed E-state index contributed by atoms with van der Waals surface area (Å²) in [4.78, 5) is 16.6. The monoisotopic (exact) mass is 352 g/mol. The van der Waals surface area contributed by atoms with Crippen LogP contribution < -0.4 is 4.90 Å². The quantitative estimate of drug-likeness (QED) is 0.851. The molecule has 0 N–H and O–H groups in total. The van der Waals surface area contributed by atoms with E-state index in [1.807, 2.05) is 31.2 Å². The predicted octanol–water partition coefficient (Wildman–Crippen LogP) is 3.17. The van der Waals surface area contributed by atoms with Gasteiger partial charge in [0.25, 0.3) is 5.91 Å². The largest absolute Gasteiger partial charge is 0.368 e. The molecule has 0 unspecified atom stereocenters. The van der Waals surface area contributed by atoms with Crippen LogP contribution in [0, 0.1) is 0 Å². The number of carbonyl (C=O) groups is 1. The molecule has 1 fully saturated rings. The van der Waals surface area contributed by atoms with Crippen molar-refractivity contribution in [3.05, 3.63) is 46.2 Å². The molecule has 2 heterocycles. The number of anilines is 1. The van der Waals surface area contributed by atoms with E-state index in [-0.39, 0.29) is 5.91 Å². The predicted molar refractivity (Wildman–Crippen MR) is 92.5 cm³/mol. The summed E-state index contributed by atoms with van der Waals surface area (Å²) in [7, 11) is 0. The maximum atomic E-state index is 12.6. The molecule has 1 saturated heterocycles. The van der Waals surface area contributed by atoms with Crippen LogP contribution in [0.1, 0.15) is 17.4 Å². The average Bonchev–Trinajstić information content (AvgIpc) is 2.96. The zero-order valence-corrected chi connectivity index (χ0v) is 14.4. The third-order valence-corrected chi connectivity index (χ3v) is 4.53. The highest BCUT2D eigenvalue weighted by Gasteiger charge is 2.25. The van der Waals surface area contributed by atoms with Crippen LogP contribution in [0.4, 0.5) is 5.69 Å². The molecule has 2 aromatic rings. The van der Waals surface area contributed by atoms with E-state index < -0.39 is 0 Å². The number of hydrogen-bond acceptors (Lipinski definition) is 3. The molecule has 5 nitrogen and oxygen atoms in total. The number of piperazine rings is 1. The first-order valence-electron chi connectivity index (χ1n) is 7.61. The SMILES string of the molecule is CCn1cc(Cl)c(C(=O)N2CCN(c3ccc(Cl)cc3)CC2)n1. The Kier molecular flexibility index (Phi) is 4.78. The lowest BCUT2D eigenvalue weighted by molar-refractivity contribution is 0.0740. The molecule has 0 bridgehead atoms. The first kappa shape index (κ1) is 16.1. The molecule has 1 aliphatic rings. The van der Waals surface area contributed by atoms with Crippen molar-refractivity contribution in [3.8, 4) is 0 Å². The molecule has 1 aromatic carbocycles. The minimum atomic E-state index is -0.0991. The lowest BCUT2D eigenvalue weighted by Crippen LogP contribution is -2.49. The molecule has 122 valence electrons. The van der Waals surface area contributed by atoms with Crippen molar-refractivity contribution in [2.75, 3.05) is 31.1 Å². The third kappa shape index (κ3) is 3.46. The Balaban J connectivity index is 1.65. The van der Waals surface area contributed by atoms with Gasteiger partial charge in [-0.05, 0) is 31.2 Å². The summed E-state index contributed by atoms with van der Waals surface area (Å²) in [6.45, 7) is 5.51. The van der Waals surface area contributed by atoms with Gasteiger partial charge in [-0.3, -0.25) is 9.48 Å². The summed E-state index contributed by atoms with van der Waals surface area (Å²) in [6.07, 6.45) is 1.69. The van der Waals surface area contributed by atoms with E-state index in [0.717, 1.165) is 23.8 Å². The van der Waals surface area contributed by atoms with Crippen molar-refractivity contribution in [1.29, 1.82) is 0 Å². The van der Waals surface area contributed by atoms with Crippen LogP contribution in [0.25, 0.3) is 0 Å². The van der Waals surface area contributed by atoms with Gasteiger partial charge in [-0.15, -0.1) is 0 Å². The van der Waals surface area contributed by atoms with Crippen molar-refractivity contribution in [2.24, 2.45) is 0 Å². The summed E-state index contributed by atoms with van der Waals surface area (Å²) in [5, 5.41) is 5.40. The standard InChI is InChI=1S/C16H18Cl2N4O/c1-2-22-11-14(18)15(19-22)16(23)21-9-7-20(8-10-21)13-5-3-12(17)4-6-13/h3-6,11H,2,7-10H2,1H3. The maximum Gasteiger partial charge on any atom is 0.276 e. The number of amides is 1. The fourth-order valence-electron chi connectivity index (χ4n) is 2.67. The molecule has 1 aliphatic heterocycles. The van der Waals surface area contributed by atoms with Crippen LogP contribution in [0.15, 0.2) is 30.5 Å². The van der Waals surface area contributed by atoms with E-state index in [2.05, 4.69) is 10.00 Å². The Morgan fingerprint density at radius 3 is 2.35 bits per heavy atom. The Labute approximate surface area is 145 Å². The number of hydrogen-bond donors (Lipinski definition) is 0. The average molecular weight is 353 g/mol. The van der Waals surface area contributed by atoms with Crippen molar-refractivity contribution in [1.82, 2.24) is 14.7 Å². The second-order valence-electron chi connectivity index (χ2n) is 5.44. The van der Waals surface area contributed by atoms with Gasteiger partial charge in [-0.1, -0.05) is 23.2 Å². The van der Waals surface area contributed by atoms with Crippen LogP contribution >= 0.6 is 23.2 Å². The van der Waals surface area contributed by atoms with Crippen LogP contribution in [0.5, 0.6) is 0 Å². The molecule has 7 heteroatoms. The van der Waals surface area contributed by atoms with Crippen molar-refractivity contribution in [3.63, 3.8) is 0 Å². The Morgan fingerprint density at radius 2 is 1.78 bits per heavy atom. The number of aromatic nitrogens is 2. The molecule has 0 atom stereocenters. The number of halogens is 2. The van der Waals surface area contributed by atoms with Gasteiger partial charge in [0.1, 0.15) is 0 Å². The van der Waals surface area contributed by atoms with E-state index in [1.165, 1.54) is 0 Å². The van der Waals surface area contributed by atoms with Gasteiger partial charge in [0, 0.05) is 49.6 Å². The summed E-state index contributed by atoms with van der Waals surface area (Å²) in [5.41, 5.74) is 1.46. The third-order valence-electron chi connectivity index (χ3n) is 4.00. The molecule has 0 saturated carbocycles. The van der Waals surface area contributed by atoms with Gasteiger partial charge < -0.3 is 9.80 Å². The van der Waals surface area contributed by atoms with Gasteiger partial charge in [-0.2, -0.15) is 5.10 Å². The highest BCUT2D eigenvalue weighted by atomic mass is 35.5. The first-order chi connectivity index (χ1) is 11.1. The van der Waals surface area contributed by atoms with E-state index in [0.29, 0.717) is 30.4 Å². The van der Waals surface area contributed by atoms with Crippen LogP contribution in [-0.2, 0) is 6.54 Å². The smallest absolute Gasteiger partial charge is 0.276 e. The number of rotatable bonds is 3. The molecule has 1 amide bonds. The highest BCUT2D eigenvalue weighted by molar-refractivity contribution is 6.33. The summed E-state index contributed by atoms with van der Waals surface area (Å²) < 4.78 is 1.68. The highest BCUT2D eigenvalue weighted by Crippen LogP contribution is 2.21. The topological polar surface area (TPSA) is 41.4 Å². The number of aryl methyl sites for hydroxylation is 1. The van der Waals surface area contributed by atoms with Crippen molar-refractivity contribution in [2.45, 2.75) is 13.5 Å². The number of benzene rings is 1. The summed E-state index contributed by atoms with van der Waals surface area (Å²) in [6, 6.07) is 7.76. The Bertz CT molecular complexity index is 691. The van der Waals surface area contributed by atoms with Gasteiger partial charge in [0.15, 0.2) is 5.69 Å². The van der Waals surface area contributed by atoms with Crippen LogP contribution in [0.2, 0.25) is 10.0 Å². The summed E-state index contributed by atoms with van der Waals surface area (Å²) >= 11 is 12.0. The van der Waals surface area contributed by atoms with E-state index in [9.17, 15) is 4.79 Å². The van der Waals surface area contributed by atoms with Gasteiger partial charge in [0.05, 0.1) is 5.02 Å². The fraction of sp³-hybridized carbons (Fsp3) is 0.375. The van der Waals surface area contributed by atoms with E-state index >= 15 is 0 Å².